The minimum atomic E-state index is -3.02. The SMILES string of the molecule is CCCO[Si](CC(=O)O)(OCCC)OCCC. The van der Waals surface area contributed by atoms with Gasteiger partial charge >= 0.3 is 14.8 Å². The summed E-state index contributed by atoms with van der Waals surface area (Å²) >= 11 is 0. The first kappa shape index (κ1) is 16.6. The molecule has 0 aliphatic rings. The van der Waals surface area contributed by atoms with Crippen LogP contribution in [-0.4, -0.2) is 39.7 Å². The summed E-state index contributed by atoms with van der Waals surface area (Å²) in [7, 11) is -3.02. The van der Waals surface area contributed by atoms with Crippen molar-refractivity contribution in [3.8, 4) is 0 Å². The lowest BCUT2D eigenvalue weighted by atomic mass is 10.5. The highest BCUT2D eigenvalue weighted by Crippen LogP contribution is 2.17. The van der Waals surface area contributed by atoms with Crippen molar-refractivity contribution in [3.63, 3.8) is 0 Å². The molecule has 17 heavy (non-hydrogen) atoms. The molecule has 0 unspecified atom stereocenters. The molecule has 0 bridgehead atoms. The molecular formula is C11H24O5Si. The molecule has 102 valence electrons. The standard InChI is InChI=1S/C11H24O5Si/c1-4-7-14-17(10-11(12)13,15-8-5-2)16-9-6-3/h4-10H2,1-3H3,(H,12,13). The average Bonchev–Trinajstić information content (AvgIpc) is 2.30. The Bertz CT molecular complexity index is 188. The number of carboxylic acid groups (broad SMARTS) is 1. The molecule has 0 fully saturated rings. The maximum Gasteiger partial charge on any atom is 0.512 e. The predicted octanol–water partition coefficient (Wildman–Crippen LogP) is 2.29. The summed E-state index contributed by atoms with van der Waals surface area (Å²) in [5.41, 5.74) is 0. The molecular weight excluding hydrogens is 240 g/mol. The van der Waals surface area contributed by atoms with Crippen molar-refractivity contribution < 1.29 is 23.2 Å². The Morgan fingerprint density at radius 2 is 1.29 bits per heavy atom. The molecule has 0 aromatic heterocycles. The summed E-state index contributed by atoms with van der Waals surface area (Å²) < 4.78 is 16.8. The Balaban J connectivity index is 4.56. The second-order valence-corrected chi connectivity index (χ2v) is 6.38. The van der Waals surface area contributed by atoms with Gasteiger partial charge in [-0.3, -0.25) is 4.79 Å². The first-order valence-electron chi connectivity index (χ1n) is 6.23. The van der Waals surface area contributed by atoms with Crippen LogP contribution >= 0.6 is 0 Å². The topological polar surface area (TPSA) is 65.0 Å². The maximum atomic E-state index is 10.9. The van der Waals surface area contributed by atoms with Crippen molar-refractivity contribution in [3.05, 3.63) is 0 Å². The van der Waals surface area contributed by atoms with Gasteiger partial charge in [-0.1, -0.05) is 20.8 Å². The number of hydrogen-bond acceptors (Lipinski definition) is 4. The zero-order valence-electron chi connectivity index (χ0n) is 11.0. The van der Waals surface area contributed by atoms with Gasteiger partial charge in [0, 0.05) is 19.8 Å². The van der Waals surface area contributed by atoms with Gasteiger partial charge in [0.25, 0.3) is 0 Å². The van der Waals surface area contributed by atoms with Crippen molar-refractivity contribution >= 4 is 14.8 Å². The Morgan fingerprint density at radius 1 is 0.941 bits per heavy atom. The molecule has 0 aromatic rings. The van der Waals surface area contributed by atoms with Crippen molar-refractivity contribution in [1.82, 2.24) is 0 Å². The van der Waals surface area contributed by atoms with Gasteiger partial charge in [0.2, 0.25) is 0 Å². The molecule has 0 atom stereocenters. The molecule has 0 aromatic carbocycles. The van der Waals surface area contributed by atoms with E-state index in [0.29, 0.717) is 19.8 Å². The lowest BCUT2D eigenvalue weighted by Gasteiger charge is -2.28. The molecule has 0 aliphatic carbocycles. The molecule has 0 aliphatic heterocycles. The van der Waals surface area contributed by atoms with Gasteiger partial charge in [-0.2, -0.15) is 0 Å². The Labute approximate surface area is 104 Å². The molecule has 0 spiro atoms. The summed E-state index contributed by atoms with van der Waals surface area (Å²) in [6.45, 7) is 7.35. The molecule has 0 amide bonds. The van der Waals surface area contributed by atoms with Gasteiger partial charge in [0.05, 0.1) is 0 Å². The van der Waals surface area contributed by atoms with Gasteiger partial charge in [0.15, 0.2) is 0 Å². The van der Waals surface area contributed by atoms with E-state index in [1.807, 2.05) is 20.8 Å². The third kappa shape index (κ3) is 7.48. The summed E-state index contributed by atoms with van der Waals surface area (Å²) in [4.78, 5) is 10.9. The van der Waals surface area contributed by atoms with Crippen molar-refractivity contribution in [1.29, 1.82) is 0 Å². The van der Waals surface area contributed by atoms with E-state index >= 15 is 0 Å². The highest BCUT2D eigenvalue weighted by atomic mass is 28.4. The monoisotopic (exact) mass is 264 g/mol. The first-order valence-corrected chi connectivity index (χ1v) is 8.17. The maximum absolute atomic E-state index is 10.9. The summed E-state index contributed by atoms with van der Waals surface area (Å²) in [5.74, 6) is -0.931. The number of carboxylic acids is 1. The predicted molar refractivity (Wildman–Crippen MR) is 66.9 cm³/mol. The van der Waals surface area contributed by atoms with Crippen LogP contribution in [0, 0.1) is 0 Å². The fraction of sp³-hybridized carbons (Fsp3) is 0.909. The largest absolute Gasteiger partial charge is 0.512 e. The van der Waals surface area contributed by atoms with E-state index in [-0.39, 0.29) is 6.04 Å². The van der Waals surface area contributed by atoms with E-state index in [1.54, 1.807) is 0 Å². The molecule has 0 heterocycles. The normalized spacial score (nSPS) is 11.7. The van der Waals surface area contributed by atoms with Crippen LogP contribution in [0.3, 0.4) is 0 Å². The van der Waals surface area contributed by atoms with Gasteiger partial charge in [0.1, 0.15) is 6.04 Å². The van der Waals surface area contributed by atoms with Crippen LogP contribution in [0.5, 0.6) is 0 Å². The number of rotatable bonds is 11. The molecule has 0 saturated heterocycles. The zero-order chi connectivity index (χ0) is 13.1. The lowest BCUT2D eigenvalue weighted by Crippen LogP contribution is -2.48. The zero-order valence-corrected chi connectivity index (χ0v) is 12.0. The number of aliphatic carboxylic acids is 1. The minimum Gasteiger partial charge on any atom is -0.481 e. The first-order chi connectivity index (χ1) is 8.10. The molecule has 0 saturated carbocycles. The molecule has 1 N–H and O–H groups in total. The van der Waals surface area contributed by atoms with E-state index in [9.17, 15) is 4.79 Å². The van der Waals surface area contributed by atoms with Crippen molar-refractivity contribution in [2.45, 2.75) is 46.1 Å². The Morgan fingerprint density at radius 3 is 1.53 bits per heavy atom. The highest BCUT2D eigenvalue weighted by molar-refractivity contribution is 6.64. The molecule has 6 heteroatoms. The minimum absolute atomic E-state index is 0.160. The van der Waals surface area contributed by atoms with E-state index in [1.165, 1.54) is 0 Å². The highest BCUT2D eigenvalue weighted by Gasteiger charge is 2.43. The van der Waals surface area contributed by atoms with Gasteiger partial charge in [-0.05, 0) is 19.3 Å². The van der Waals surface area contributed by atoms with Crippen LogP contribution in [-0.2, 0) is 18.1 Å². The van der Waals surface area contributed by atoms with Gasteiger partial charge in [-0.25, -0.2) is 0 Å². The van der Waals surface area contributed by atoms with Crippen LogP contribution in [0.2, 0.25) is 6.04 Å². The van der Waals surface area contributed by atoms with E-state index < -0.39 is 14.8 Å². The molecule has 5 nitrogen and oxygen atoms in total. The smallest absolute Gasteiger partial charge is 0.481 e. The third-order valence-electron chi connectivity index (χ3n) is 1.95. The summed E-state index contributed by atoms with van der Waals surface area (Å²) in [6.07, 6.45) is 2.46. The summed E-state index contributed by atoms with van der Waals surface area (Å²) in [5, 5.41) is 8.94. The van der Waals surface area contributed by atoms with Crippen LogP contribution in [0.4, 0.5) is 0 Å². The van der Waals surface area contributed by atoms with Crippen LogP contribution in [0.1, 0.15) is 40.0 Å². The molecule has 0 radical (unpaired) electrons. The van der Waals surface area contributed by atoms with Crippen molar-refractivity contribution in [2.75, 3.05) is 19.8 Å². The number of carbonyl (C=O) groups is 1. The molecule has 0 rings (SSSR count). The quantitative estimate of drug-likeness (QED) is 0.580. The fourth-order valence-corrected chi connectivity index (χ4v) is 3.71. The lowest BCUT2D eigenvalue weighted by molar-refractivity contribution is -0.135. The average molecular weight is 264 g/mol. The number of hydrogen-bond donors (Lipinski definition) is 1. The van der Waals surface area contributed by atoms with Crippen LogP contribution < -0.4 is 0 Å². The third-order valence-corrected chi connectivity index (χ3v) is 4.61. The van der Waals surface area contributed by atoms with E-state index in [4.69, 9.17) is 18.4 Å². The van der Waals surface area contributed by atoms with Crippen LogP contribution in [0.15, 0.2) is 0 Å². The fourth-order valence-electron chi connectivity index (χ4n) is 1.24. The van der Waals surface area contributed by atoms with Gasteiger partial charge < -0.3 is 18.4 Å². The second-order valence-electron chi connectivity index (χ2n) is 3.80. The van der Waals surface area contributed by atoms with E-state index in [0.717, 1.165) is 19.3 Å². The van der Waals surface area contributed by atoms with Crippen molar-refractivity contribution in [2.24, 2.45) is 0 Å². The van der Waals surface area contributed by atoms with Gasteiger partial charge in [-0.15, -0.1) is 0 Å². The Kier molecular flexibility index (Phi) is 9.34. The summed E-state index contributed by atoms with van der Waals surface area (Å²) in [6, 6.07) is -0.160. The Hall–Kier alpha value is -0.433. The van der Waals surface area contributed by atoms with E-state index in [2.05, 4.69) is 0 Å². The second kappa shape index (κ2) is 9.58. The van der Waals surface area contributed by atoms with Crippen LogP contribution in [0.25, 0.3) is 0 Å².